The number of hydrazine groups is 1. The number of hydrogen-bond acceptors (Lipinski definition) is 6. The number of nitrogens with one attached hydrogen (secondary N) is 3. The van der Waals surface area contributed by atoms with Crippen LogP contribution in [0, 0.1) is 11.8 Å². The Hall–Kier alpha value is -3.98. The molecule has 2 rings (SSSR count). The van der Waals surface area contributed by atoms with Gasteiger partial charge in [-0.05, 0) is 58.2 Å². The van der Waals surface area contributed by atoms with Crippen LogP contribution in [0.15, 0.2) is 61.4 Å². The molecule has 0 fully saturated rings. The summed E-state index contributed by atoms with van der Waals surface area (Å²) in [6.45, 7) is 22.7. The number of hydrogen-bond donors (Lipinski definition) is 3. The summed E-state index contributed by atoms with van der Waals surface area (Å²) in [6, 6.07) is 7.87. The van der Waals surface area contributed by atoms with Gasteiger partial charge in [-0.15, -0.1) is 0 Å². The van der Waals surface area contributed by atoms with Gasteiger partial charge in [0.25, 0.3) is 5.91 Å². The lowest BCUT2D eigenvalue weighted by atomic mass is 10.0. The van der Waals surface area contributed by atoms with Crippen molar-refractivity contribution in [1.82, 2.24) is 26.1 Å². The lowest BCUT2D eigenvalue weighted by molar-refractivity contribution is -0.140. The van der Waals surface area contributed by atoms with Crippen LogP contribution in [-0.4, -0.2) is 52.4 Å². The van der Waals surface area contributed by atoms with E-state index in [1.807, 2.05) is 71.9 Å². The van der Waals surface area contributed by atoms with Gasteiger partial charge in [-0.1, -0.05) is 70.4 Å². The summed E-state index contributed by atoms with van der Waals surface area (Å²) in [6.07, 6.45) is 4.96. The number of rotatable bonds is 15. The normalized spacial score (nSPS) is 15.0. The molecule has 1 aromatic heterocycles. The number of fused-ring (bicyclic) bond motifs is 1. The molecule has 5 atom stereocenters. The molecule has 228 valence electrons. The highest BCUT2D eigenvalue weighted by Gasteiger charge is 2.30. The van der Waals surface area contributed by atoms with E-state index in [0.29, 0.717) is 12.3 Å². The van der Waals surface area contributed by atoms with Crippen LogP contribution in [-0.2, 0) is 19.1 Å². The van der Waals surface area contributed by atoms with E-state index < -0.39 is 24.0 Å². The summed E-state index contributed by atoms with van der Waals surface area (Å²) in [5.74, 6) is -1.10. The van der Waals surface area contributed by atoms with Crippen molar-refractivity contribution in [3.63, 3.8) is 0 Å². The van der Waals surface area contributed by atoms with Crippen LogP contribution in [0.2, 0.25) is 0 Å². The van der Waals surface area contributed by atoms with Crippen molar-refractivity contribution < 1.29 is 19.1 Å². The highest BCUT2D eigenvalue weighted by molar-refractivity contribution is 5.92. The van der Waals surface area contributed by atoms with Crippen molar-refractivity contribution in [3.05, 3.63) is 72.7 Å². The number of ether oxygens (including phenoxy) is 1. The molecule has 0 saturated heterocycles. The maximum Gasteiger partial charge on any atom is 0.258 e. The third-order valence-electron chi connectivity index (χ3n) is 7.00. The molecule has 0 saturated carbocycles. The van der Waals surface area contributed by atoms with Crippen molar-refractivity contribution in [1.29, 1.82) is 0 Å². The summed E-state index contributed by atoms with van der Waals surface area (Å²) in [5.41, 5.74) is 5.72. The average Bonchev–Trinajstić information content (AvgIpc) is 2.96. The van der Waals surface area contributed by atoms with Gasteiger partial charge < -0.3 is 15.4 Å². The van der Waals surface area contributed by atoms with Gasteiger partial charge in [-0.3, -0.25) is 19.4 Å². The largest absolute Gasteiger partial charge is 0.488 e. The van der Waals surface area contributed by atoms with Crippen LogP contribution >= 0.6 is 0 Å². The van der Waals surface area contributed by atoms with E-state index in [0.717, 1.165) is 22.2 Å². The smallest absolute Gasteiger partial charge is 0.258 e. The first-order valence-corrected chi connectivity index (χ1v) is 14.5. The van der Waals surface area contributed by atoms with Crippen molar-refractivity contribution in [3.8, 4) is 0 Å². The van der Waals surface area contributed by atoms with Crippen molar-refractivity contribution in [2.24, 2.45) is 11.8 Å². The highest BCUT2D eigenvalue weighted by Crippen LogP contribution is 2.23. The Labute approximate surface area is 250 Å². The molecule has 1 heterocycles. The van der Waals surface area contributed by atoms with Crippen LogP contribution in [0.5, 0.6) is 0 Å². The molecule has 1 aromatic carbocycles. The minimum absolute atomic E-state index is 0.168. The molecule has 2 aromatic rings. The van der Waals surface area contributed by atoms with Gasteiger partial charge in [-0.25, -0.2) is 10.4 Å². The Kier molecular flexibility index (Phi) is 12.9. The van der Waals surface area contributed by atoms with E-state index in [1.165, 1.54) is 5.01 Å². The second kappa shape index (κ2) is 15.9. The SMILES string of the molecule is C=Cc1ccc2ccc(C(C)OC(=C)C(C)NN(CC)C(=O)C(C)NC(=O)C(NC(=O)C(C)C=CC)C(C)C)nc2c1. The Morgan fingerprint density at radius 2 is 1.67 bits per heavy atom. The summed E-state index contributed by atoms with van der Waals surface area (Å²) in [4.78, 5) is 43.6. The molecular weight excluding hydrogens is 530 g/mol. The maximum atomic E-state index is 13.3. The third-order valence-corrected chi connectivity index (χ3v) is 7.00. The van der Waals surface area contributed by atoms with E-state index in [-0.39, 0.29) is 29.8 Å². The van der Waals surface area contributed by atoms with Gasteiger partial charge in [0.2, 0.25) is 11.8 Å². The van der Waals surface area contributed by atoms with E-state index in [1.54, 1.807) is 32.1 Å². The third kappa shape index (κ3) is 9.27. The van der Waals surface area contributed by atoms with Gasteiger partial charge in [0, 0.05) is 11.9 Å². The van der Waals surface area contributed by atoms with Crippen LogP contribution in [0.25, 0.3) is 17.0 Å². The summed E-state index contributed by atoms with van der Waals surface area (Å²) in [7, 11) is 0. The zero-order valence-electron chi connectivity index (χ0n) is 26.2. The fourth-order valence-electron chi connectivity index (χ4n) is 4.30. The van der Waals surface area contributed by atoms with E-state index in [4.69, 9.17) is 9.72 Å². The number of nitrogens with zero attached hydrogens (tertiary/aromatic N) is 2. The number of allylic oxidation sites excluding steroid dienone is 1. The summed E-state index contributed by atoms with van der Waals surface area (Å²) in [5, 5.41) is 8.01. The first kappa shape index (κ1) is 34.2. The fraction of sp³-hybridized carbons (Fsp3) is 0.455. The number of aromatic nitrogens is 1. The van der Waals surface area contributed by atoms with Crippen LogP contribution in [0.3, 0.4) is 0 Å². The number of amides is 3. The number of benzene rings is 1. The Morgan fingerprint density at radius 1 is 1.00 bits per heavy atom. The first-order chi connectivity index (χ1) is 19.8. The number of pyridine rings is 1. The predicted octanol–water partition coefficient (Wildman–Crippen LogP) is 5.07. The van der Waals surface area contributed by atoms with Gasteiger partial charge in [0.1, 0.15) is 23.9 Å². The van der Waals surface area contributed by atoms with Crippen LogP contribution < -0.4 is 16.1 Å². The second-order valence-corrected chi connectivity index (χ2v) is 10.8. The van der Waals surface area contributed by atoms with Crippen molar-refractivity contribution in [2.75, 3.05) is 6.54 Å². The molecule has 42 heavy (non-hydrogen) atoms. The summed E-state index contributed by atoms with van der Waals surface area (Å²) >= 11 is 0. The quantitative estimate of drug-likeness (QED) is 0.155. The Balaban J connectivity index is 2.01. The topological polar surface area (TPSA) is 113 Å². The molecule has 3 amide bonds. The Morgan fingerprint density at radius 3 is 2.26 bits per heavy atom. The molecule has 3 N–H and O–H groups in total. The maximum absolute atomic E-state index is 13.3. The monoisotopic (exact) mass is 577 g/mol. The molecule has 0 aliphatic rings. The molecule has 0 aliphatic carbocycles. The minimum Gasteiger partial charge on any atom is -0.488 e. The van der Waals surface area contributed by atoms with Crippen LogP contribution in [0.1, 0.15) is 72.8 Å². The number of carbonyl (C=O) groups excluding carboxylic acids is 3. The zero-order chi connectivity index (χ0) is 31.6. The van der Waals surface area contributed by atoms with Crippen molar-refractivity contribution in [2.45, 2.75) is 79.6 Å². The van der Waals surface area contributed by atoms with Gasteiger partial charge in [0.05, 0.1) is 23.2 Å². The molecule has 0 radical (unpaired) electrons. The lowest BCUT2D eigenvalue weighted by Crippen LogP contribution is -2.58. The molecule has 0 bridgehead atoms. The fourth-order valence-corrected chi connectivity index (χ4v) is 4.30. The standard InChI is InChI=1S/C33H47N5O4/c1-11-14-21(6)31(39)36-30(20(4)5)32(40)34-23(8)33(41)38(13-3)37-22(7)24(9)42-25(10)28-18-17-27-16-15-26(12-2)19-29(27)35-28/h11-12,14-23,25,30,37H,2,9,13H2,1,3-8,10H3,(H,34,40)(H,36,39). The van der Waals surface area contributed by atoms with Gasteiger partial charge in [0.15, 0.2) is 0 Å². The number of likely N-dealkylation sites (N-methyl/N-ethyl adjacent to an activating group) is 1. The van der Waals surface area contributed by atoms with E-state index in [9.17, 15) is 14.4 Å². The van der Waals surface area contributed by atoms with Crippen molar-refractivity contribution >= 4 is 34.7 Å². The zero-order valence-corrected chi connectivity index (χ0v) is 26.2. The van der Waals surface area contributed by atoms with Gasteiger partial charge in [-0.2, -0.15) is 0 Å². The van der Waals surface area contributed by atoms with E-state index >= 15 is 0 Å². The molecule has 0 aliphatic heterocycles. The lowest BCUT2D eigenvalue weighted by Gasteiger charge is -2.31. The van der Waals surface area contributed by atoms with Crippen LogP contribution in [0.4, 0.5) is 0 Å². The first-order valence-electron chi connectivity index (χ1n) is 14.5. The highest BCUT2D eigenvalue weighted by atomic mass is 16.5. The molecule has 0 spiro atoms. The Bertz CT molecular complexity index is 1300. The molecule has 5 unspecified atom stereocenters. The minimum atomic E-state index is -0.835. The van der Waals surface area contributed by atoms with E-state index in [2.05, 4.69) is 29.2 Å². The number of carbonyl (C=O) groups is 3. The van der Waals surface area contributed by atoms with Gasteiger partial charge >= 0.3 is 0 Å². The second-order valence-electron chi connectivity index (χ2n) is 10.8. The molecule has 9 nitrogen and oxygen atoms in total. The average molecular weight is 578 g/mol. The summed E-state index contributed by atoms with van der Waals surface area (Å²) < 4.78 is 6.09. The predicted molar refractivity (Wildman–Crippen MR) is 169 cm³/mol. The molecule has 9 heteroatoms. The molecular formula is C33H47N5O4.